The Bertz CT molecular complexity index is 2100. The van der Waals surface area contributed by atoms with Gasteiger partial charge in [-0.15, -0.1) is 0 Å². The highest BCUT2D eigenvalue weighted by molar-refractivity contribution is 6.32. The van der Waals surface area contributed by atoms with E-state index in [0.29, 0.717) is 10.6 Å². The summed E-state index contributed by atoms with van der Waals surface area (Å²) in [6.45, 7) is 0. The summed E-state index contributed by atoms with van der Waals surface area (Å²) in [5.41, 5.74) is 2.91. The molecule has 0 amide bonds. The van der Waals surface area contributed by atoms with Crippen LogP contribution in [0.5, 0.6) is 0 Å². The third-order valence-electron chi connectivity index (χ3n) is 6.77. The molecule has 0 bridgehead atoms. The first-order valence-corrected chi connectivity index (χ1v) is 11.9. The number of rotatable bonds is 2. The molecular weight excluding hydrogens is 444 g/mol. The summed E-state index contributed by atoms with van der Waals surface area (Å²) in [5, 5.41) is 8.64. The van der Waals surface area contributed by atoms with Crippen molar-refractivity contribution in [3.05, 3.63) is 132 Å². The van der Waals surface area contributed by atoms with Crippen LogP contribution in [0, 0.1) is 0 Å². The smallest absolute Gasteiger partial charge is 0.0629 e. The van der Waals surface area contributed by atoms with E-state index in [2.05, 4.69) is 30.3 Å². The molecule has 0 N–H and O–H groups in total. The van der Waals surface area contributed by atoms with Crippen molar-refractivity contribution in [1.29, 1.82) is 0 Å². The van der Waals surface area contributed by atoms with Crippen LogP contribution < -0.4 is 0 Å². The predicted octanol–water partition coefficient (Wildman–Crippen LogP) is 10.3. The molecule has 0 nitrogen and oxygen atoms in total. The zero-order chi connectivity index (χ0) is 27.7. The Balaban J connectivity index is 1.64. The van der Waals surface area contributed by atoms with E-state index in [0.717, 1.165) is 54.2 Å². The van der Waals surface area contributed by atoms with E-state index in [4.69, 9.17) is 18.5 Å². The molecule has 7 rings (SSSR count). The van der Waals surface area contributed by atoms with Gasteiger partial charge in [0.1, 0.15) is 0 Å². The number of benzene rings is 7. The van der Waals surface area contributed by atoms with E-state index in [9.17, 15) is 0 Å². The molecule has 0 aliphatic heterocycles. The first kappa shape index (κ1) is 15.7. The second kappa shape index (κ2) is 7.98. The molecule has 0 heterocycles. The Hall–Kier alpha value is -4.13. The van der Waals surface area contributed by atoms with Gasteiger partial charge in [0.25, 0.3) is 0 Å². The second-order valence-electron chi connectivity index (χ2n) is 8.71. The molecule has 0 saturated heterocycles. The highest BCUT2D eigenvalue weighted by atomic mass is 35.5. The molecule has 0 fully saturated rings. The minimum atomic E-state index is -0.396. The van der Waals surface area contributed by atoms with Crippen molar-refractivity contribution >= 4 is 54.7 Å². The Kier molecular flexibility index (Phi) is 3.58. The molecule has 0 aliphatic carbocycles. The standard InChI is InChI=1S/C34H21Cl/c35-26-19-18-23-15-14-22-16-17-25(20-31(22)32(23)21-26)34-29-12-6-4-10-27(29)33(24-8-2-1-3-9-24)28-11-5-7-13-30(28)34/h1-21H/i1D,2D,3D,8D,9D. The van der Waals surface area contributed by atoms with Crippen molar-refractivity contribution in [2.24, 2.45) is 0 Å². The molecule has 1 heteroatoms. The lowest BCUT2D eigenvalue weighted by atomic mass is 9.85. The summed E-state index contributed by atoms with van der Waals surface area (Å²) in [6, 6.07) is 30.9. The van der Waals surface area contributed by atoms with E-state index in [1.165, 1.54) is 0 Å². The average Bonchev–Trinajstić information content (AvgIpc) is 2.98. The molecule has 0 radical (unpaired) electrons. The van der Waals surface area contributed by atoms with Gasteiger partial charge in [-0.05, 0) is 83.5 Å². The van der Waals surface area contributed by atoms with E-state index in [-0.39, 0.29) is 29.7 Å². The monoisotopic (exact) mass is 469 g/mol. The van der Waals surface area contributed by atoms with Gasteiger partial charge in [-0.1, -0.05) is 121 Å². The molecule has 7 aromatic carbocycles. The minimum Gasteiger partial charge on any atom is -0.0843 e. The van der Waals surface area contributed by atoms with E-state index in [1.54, 1.807) is 0 Å². The largest absolute Gasteiger partial charge is 0.0843 e. The van der Waals surface area contributed by atoms with Gasteiger partial charge < -0.3 is 0 Å². The van der Waals surface area contributed by atoms with Crippen molar-refractivity contribution in [2.75, 3.05) is 0 Å². The molecule has 0 aliphatic rings. The first-order valence-electron chi connectivity index (χ1n) is 14.0. The lowest BCUT2D eigenvalue weighted by Gasteiger charge is -2.18. The SMILES string of the molecule is [2H]c1c([2H])c([2H])c(-c2c3ccccc3c(-c3ccc4ccc5ccc(Cl)cc5c4c3)c3ccccc23)c([2H])c1[2H]. The topological polar surface area (TPSA) is 0 Å². The lowest BCUT2D eigenvalue weighted by Crippen LogP contribution is -1.91. The number of fused-ring (bicyclic) bond motifs is 5. The Morgan fingerprint density at radius 1 is 0.457 bits per heavy atom. The molecular formula is C34H21Cl. The minimum absolute atomic E-state index is 0.205. The summed E-state index contributed by atoms with van der Waals surface area (Å²) in [4.78, 5) is 0. The quantitative estimate of drug-likeness (QED) is 0.174. The fraction of sp³-hybridized carbons (Fsp3) is 0. The third kappa shape index (κ3) is 3.22. The van der Waals surface area contributed by atoms with Crippen molar-refractivity contribution in [2.45, 2.75) is 0 Å². The van der Waals surface area contributed by atoms with Crippen LogP contribution >= 0.6 is 11.6 Å². The van der Waals surface area contributed by atoms with Crippen molar-refractivity contribution < 1.29 is 6.85 Å². The average molecular weight is 470 g/mol. The van der Waals surface area contributed by atoms with Gasteiger partial charge in [-0.3, -0.25) is 0 Å². The van der Waals surface area contributed by atoms with E-state index < -0.39 is 6.04 Å². The molecule has 0 unspecified atom stereocenters. The van der Waals surface area contributed by atoms with Crippen LogP contribution in [-0.4, -0.2) is 0 Å². The zero-order valence-corrected chi connectivity index (χ0v) is 19.4. The third-order valence-corrected chi connectivity index (χ3v) is 7.01. The van der Waals surface area contributed by atoms with Crippen molar-refractivity contribution in [3.8, 4) is 22.3 Å². The zero-order valence-electron chi connectivity index (χ0n) is 23.6. The van der Waals surface area contributed by atoms with Crippen molar-refractivity contribution in [1.82, 2.24) is 0 Å². The van der Waals surface area contributed by atoms with Gasteiger partial charge in [-0.2, -0.15) is 0 Å². The van der Waals surface area contributed by atoms with Gasteiger partial charge in [0, 0.05) is 5.02 Å². The van der Waals surface area contributed by atoms with Gasteiger partial charge in [-0.25, -0.2) is 0 Å². The second-order valence-corrected chi connectivity index (χ2v) is 9.14. The maximum Gasteiger partial charge on any atom is 0.0629 e. The molecule has 0 spiro atoms. The summed E-state index contributed by atoms with van der Waals surface area (Å²) >= 11 is 6.40. The molecule has 35 heavy (non-hydrogen) atoms. The normalized spacial score (nSPS) is 13.6. The van der Waals surface area contributed by atoms with Gasteiger partial charge in [0.15, 0.2) is 0 Å². The Labute approximate surface area is 216 Å². The van der Waals surface area contributed by atoms with Crippen molar-refractivity contribution in [3.63, 3.8) is 0 Å². The lowest BCUT2D eigenvalue weighted by molar-refractivity contribution is 1.66. The fourth-order valence-corrected chi connectivity index (χ4v) is 5.43. The van der Waals surface area contributed by atoms with Crippen LogP contribution in [0.3, 0.4) is 0 Å². The predicted molar refractivity (Wildman–Crippen MR) is 152 cm³/mol. The van der Waals surface area contributed by atoms with Crippen LogP contribution in [0.15, 0.2) is 127 Å². The molecule has 0 saturated carbocycles. The summed E-state index contributed by atoms with van der Waals surface area (Å²) in [5.74, 6) is 0. The maximum absolute atomic E-state index is 8.74. The fourth-order valence-electron chi connectivity index (χ4n) is 5.26. The van der Waals surface area contributed by atoms with Crippen LogP contribution in [0.4, 0.5) is 0 Å². The van der Waals surface area contributed by atoms with Crippen LogP contribution in [0.1, 0.15) is 6.85 Å². The first-order chi connectivity index (χ1) is 19.3. The Morgan fingerprint density at radius 2 is 0.943 bits per heavy atom. The molecule has 0 aromatic heterocycles. The maximum atomic E-state index is 8.74. The van der Waals surface area contributed by atoms with Gasteiger partial charge >= 0.3 is 0 Å². The number of hydrogen-bond acceptors (Lipinski definition) is 0. The summed E-state index contributed by atoms with van der Waals surface area (Å²) in [7, 11) is 0. The molecule has 7 aromatic rings. The highest BCUT2D eigenvalue weighted by Crippen LogP contribution is 2.44. The van der Waals surface area contributed by atoms with E-state index in [1.807, 2.05) is 66.7 Å². The van der Waals surface area contributed by atoms with Gasteiger partial charge in [0.05, 0.1) is 6.85 Å². The highest BCUT2D eigenvalue weighted by Gasteiger charge is 2.16. The van der Waals surface area contributed by atoms with Crippen LogP contribution in [-0.2, 0) is 0 Å². The van der Waals surface area contributed by atoms with Crippen LogP contribution in [0.2, 0.25) is 5.02 Å². The van der Waals surface area contributed by atoms with E-state index >= 15 is 0 Å². The molecule has 0 atom stereocenters. The van der Waals surface area contributed by atoms with Crippen LogP contribution in [0.25, 0.3) is 65.3 Å². The Morgan fingerprint density at radius 3 is 1.54 bits per heavy atom. The van der Waals surface area contributed by atoms with Gasteiger partial charge in [0.2, 0.25) is 0 Å². The summed E-state index contributed by atoms with van der Waals surface area (Å²) < 4.78 is 42.2. The number of halogens is 1. The summed E-state index contributed by atoms with van der Waals surface area (Å²) in [6.07, 6.45) is 0. The number of hydrogen-bond donors (Lipinski definition) is 0. The molecule has 164 valence electrons.